The third kappa shape index (κ3) is 5.07. The Bertz CT molecular complexity index is 892. The molecule has 2 aromatic rings. The first-order valence-electron chi connectivity index (χ1n) is 11.0. The van der Waals surface area contributed by atoms with Crippen LogP contribution in [0.2, 0.25) is 0 Å². The lowest BCUT2D eigenvalue weighted by Gasteiger charge is -2.46. The van der Waals surface area contributed by atoms with Crippen molar-refractivity contribution in [2.24, 2.45) is 11.3 Å². The number of fused-ring (bicyclic) bond motifs is 3. The summed E-state index contributed by atoms with van der Waals surface area (Å²) >= 11 is 0. The Kier molecular flexibility index (Phi) is 6.05. The molecule has 2 aromatic carbocycles. The van der Waals surface area contributed by atoms with Crippen molar-refractivity contribution in [3.05, 3.63) is 65.2 Å². The number of alkyl halides is 3. The molecule has 0 spiro atoms. The predicted octanol–water partition coefficient (Wildman–Crippen LogP) is 6.34. The van der Waals surface area contributed by atoms with Crippen LogP contribution in [-0.4, -0.2) is 19.2 Å². The van der Waals surface area contributed by atoms with Gasteiger partial charge in [0.1, 0.15) is 0 Å². The van der Waals surface area contributed by atoms with Gasteiger partial charge >= 0.3 is 6.18 Å². The Hall–Kier alpha value is -2.05. The summed E-state index contributed by atoms with van der Waals surface area (Å²) in [6.45, 7) is 8.08. The molecule has 6 heteroatoms. The van der Waals surface area contributed by atoms with E-state index in [4.69, 9.17) is 4.74 Å². The predicted molar refractivity (Wildman–Crippen MR) is 117 cm³/mol. The second-order valence-electron chi connectivity index (χ2n) is 9.94. The van der Waals surface area contributed by atoms with Crippen molar-refractivity contribution in [1.82, 2.24) is 5.32 Å². The van der Waals surface area contributed by atoms with Crippen molar-refractivity contribution in [3.8, 4) is 0 Å². The first-order valence-corrected chi connectivity index (χ1v) is 11.0. The molecule has 0 bridgehead atoms. The second-order valence-corrected chi connectivity index (χ2v) is 9.94. The molecule has 1 saturated heterocycles. The molecule has 2 aliphatic rings. The fraction of sp³-hybridized carbons (Fsp3) is 0.520. The van der Waals surface area contributed by atoms with Crippen LogP contribution in [-0.2, 0) is 10.9 Å². The summed E-state index contributed by atoms with van der Waals surface area (Å²) in [5, 5.41) is 6.98. The first kappa shape index (κ1) is 22.2. The summed E-state index contributed by atoms with van der Waals surface area (Å²) in [5.74, 6) is 0.0808. The van der Waals surface area contributed by atoms with Crippen LogP contribution in [0.1, 0.15) is 62.4 Å². The van der Waals surface area contributed by atoms with Crippen molar-refractivity contribution < 1.29 is 17.9 Å². The topological polar surface area (TPSA) is 33.3 Å². The maximum atomic E-state index is 13.4. The number of benzene rings is 2. The Morgan fingerprint density at radius 3 is 2.45 bits per heavy atom. The van der Waals surface area contributed by atoms with Crippen LogP contribution in [0.4, 0.5) is 18.9 Å². The molecule has 3 nitrogen and oxygen atoms in total. The van der Waals surface area contributed by atoms with E-state index in [1.165, 1.54) is 6.07 Å². The molecule has 0 saturated carbocycles. The monoisotopic (exact) mass is 432 g/mol. The van der Waals surface area contributed by atoms with Crippen LogP contribution in [0.5, 0.6) is 0 Å². The number of ether oxygens (including phenoxy) is 1. The Morgan fingerprint density at radius 1 is 1.03 bits per heavy atom. The molecule has 0 aromatic heterocycles. The minimum Gasteiger partial charge on any atom is -0.378 e. The van der Waals surface area contributed by atoms with Gasteiger partial charge in [0.05, 0.1) is 23.8 Å². The van der Waals surface area contributed by atoms with Crippen LogP contribution >= 0.6 is 0 Å². The lowest BCUT2D eigenvalue weighted by Crippen LogP contribution is -2.43. The normalized spacial score (nSPS) is 26.0. The number of nitrogens with one attached hydrogen (secondary N) is 2. The summed E-state index contributed by atoms with van der Waals surface area (Å²) in [5.41, 5.74) is 2.02. The van der Waals surface area contributed by atoms with Crippen molar-refractivity contribution in [3.63, 3.8) is 0 Å². The van der Waals surface area contributed by atoms with Crippen molar-refractivity contribution in [1.29, 1.82) is 0 Å². The largest absolute Gasteiger partial charge is 0.416 e. The minimum absolute atomic E-state index is 0.0129. The van der Waals surface area contributed by atoms with Gasteiger partial charge in [0.25, 0.3) is 0 Å². The van der Waals surface area contributed by atoms with E-state index in [2.05, 4.69) is 43.5 Å². The molecule has 168 valence electrons. The van der Waals surface area contributed by atoms with Gasteiger partial charge in [-0.05, 0) is 42.0 Å². The van der Waals surface area contributed by atoms with Crippen LogP contribution < -0.4 is 10.6 Å². The maximum Gasteiger partial charge on any atom is 0.416 e. The molecule has 4 atom stereocenters. The molecule has 2 heterocycles. The fourth-order valence-corrected chi connectivity index (χ4v) is 4.68. The molecule has 4 rings (SSSR count). The standard InChI is InChI=1S/C25H31F3N2O/c1-24(2,3)15-29-14-18-10-11-19-22(16-7-5-4-6-8-16)30-21-12-9-17(25(26,27)28)13-20(21)23(19)31-18/h4-9,12-13,18-19,22-23,29-30H,10-11,14-15H2,1-3H3/t18-,19+,22+,23+/m1/s1. The number of anilines is 1. The van der Waals surface area contributed by atoms with Crippen molar-refractivity contribution in [2.75, 3.05) is 18.4 Å². The molecule has 0 radical (unpaired) electrons. The van der Waals surface area contributed by atoms with Crippen molar-refractivity contribution in [2.45, 2.75) is 58.0 Å². The summed E-state index contributed by atoms with van der Waals surface area (Å²) < 4.78 is 46.7. The Morgan fingerprint density at radius 2 is 1.77 bits per heavy atom. The zero-order valence-electron chi connectivity index (χ0n) is 18.3. The third-order valence-electron chi connectivity index (χ3n) is 6.16. The zero-order valence-corrected chi connectivity index (χ0v) is 18.3. The minimum atomic E-state index is -4.37. The highest BCUT2D eigenvalue weighted by atomic mass is 19.4. The van der Waals surface area contributed by atoms with Crippen molar-refractivity contribution >= 4 is 5.69 Å². The highest BCUT2D eigenvalue weighted by Gasteiger charge is 2.43. The Labute approximate surface area is 182 Å². The van der Waals surface area contributed by atoms with E-state index in [-0.39, 0.29) is 29.6 Å². The lowest BCUT2D eigenvalue weighted by molar-refractivity contribution is -0.138. The second kappa shape index (κ2) is 8.47. The van der Waals surface area contributed by atoms with Crippen LogP contribution in [0.15, 0.2) is 48.5 Å². The van der Waals surface area contributed by atoms with E-state index in [1.54, 1.807) is 6.07 Å². The highest BCUT2D eigenvalue weighted by molar-refractivity contribution is 5.58. The summed E-state index contributed by atoms with van der Waals surface area (Å²) in [6, 6.07) is 14.1. The molecular formula is C25H31F3N2O. The van der Waals surface area contributed by atoms with Gasteiger partial charge in [-0.15, -0.1) is 0 Å². The highest BCUT2D eigenvalue weighted by Crippen LogP contribution is 2.51. The van der Waals surface area contributed by atoms with Crippen LogP contribution in [0.25, 0.3) is 0 Å². The quantitative estimate of drug-likeness (QED) is 0.591. The van der Waals surface area contributed by atoms with E-state index in [9.17, 15) is 13.2 Å². The van der Waals surface area contributed by atoms with Gasteiger partial charge in [0.2, 0.25) is 0 Å². The van der Waals surface area contributed by atoms with Gasteiger partial charge in [0, 0.05) is 30.3 Å². The van der Waals surface area contributed by atoms with E-state index < -0.39 is 11.7 Å². The molecule has 2 N–H and O–H groups in total. The fourth-order valence-electron chi connectivity index (χ4n) is 4.68. The van der Waals surface area contributed by atoms with E-state index in [1.807, 2.05) is 18.2 Å². The Balaban J connectivity index is 1.62. The SMILES string of the molecule is CC(C)(C)CNC[C@H]1CC[C@@H]2[C@H](O1)c1cc(C(F)(F)F)ccc1N[C@H]2c1ccccc1. The molecule has 0 amide bonds. The molecule has 2 aliphatic heterocycles. The average Bonchev–Trinajstić information content (AvgIpc) is 2.72. The first-order chi connectivity index (χ1) is 14.6. The van der Waals surface area contributed by atoms with Gasteiger partial charge in [0.15, 0.2) is 0 Å². The van der Waals surface area contributed by atoms with E-state index in [0.717, 1.165) is 36.7 Å². The van der Waals surface area contributed by atoms with Gasteiger partial charge in [-0.1, -0.05) is 51.1 Å². The van der Waals surface area contributed by atoms with Crippen LogP contribution in [0.3, 0.4) is 0 Å². The number of hydrogen-bond acceptors (Lipinski definition) is 3. The molecule has 1 fully saturated rings. The van der Waals surface area contributed by atoms with Crippen LogP contribution in [0, 0.1) is 11.3 Å². The molecule has 0 aliphatic carbocycles. The lowest BCUT2D eigenvalue weighted by atomic mass is 9.76. The number of hydrogen-bond donors (Lipinski definition) is 2. The zero-order chi connectivity index (χ0) is 22.2. The van der Waals surface area contributed by atoms with Gasteiger partial charge in [-0.3, -0.25) is 0 Å². The number of rotatable bonds is 4. The smallest absolute Gasteiger partial charge is 0.378 e. The maximum absolute atomic E-state index is 13.4. The summed E-state index contributed by atoms with van der Waals surface area (Å²) in [6.07, 6.45) is -2.96. The summed E-state index contributed by atoms with van der Waals surface area (Å²) in [4.78, 5) is 0. The molecular weight excluding hydrogens is 401 g/mol. The average molecular weight is 433 g/mol. The third-order valence-corrected chi connectivity index (χ3v) is 6.16. The van der Waals surface area contributed by atoms with Gasteiger partial charge in [-0.2, -0.15) is 13.2 Å². The van der Waals surface area contributed by atoms with E-state index in [0.29, 0.717) is 12.1 Å². The number of halogens is 3. The van der Waals surface area contributed by atoms with Gasteiger partial charge < -0.3 is 15.4 Å². The van der Waals surface area contributed by atoms with E-state index >= 15 is 0 Å². The molecule has 31 heavy (non-hydrogen) atoms. The molecule has 0 unspecified atom stereocenters. The summed E-state index contributed by atoms with van der Waals surface area (Å²) in [7, 11) is 0. The van der Waals surface area contributed by atoms with Gasteiger partial charge in [-0.25, -0.2) is 0 Å².